The maximum Gasteiger partial charge on any atom is 0.335 e. The van der Waals surface area contributed by atoms with E-state index in [4.69, 9.17) is 5.11 Å². The fraction of sp³-hybridized carbons (Fsp3) is 0.0588. The van der Waals surface area contributed by atoms with Crippen LogP contribution < -0.4 is 0 Å². The van der Waals surface area contributed by atoms with Crippen molar-refractivity contribution >= 4 is 16.9 Å². The van der Waals surface area contributed by atoms with Gasteiger partial charge in [0, 0.05) is 11.6 Å². The van der Waals surface area contributed by atoms with Crippen LogP contribution in [0.5, 0.6) is 0 Å². The first kappa shape index (κ1) is 12.4. The highest BCUT2D eigenvalue weighted by atomic mass is 16.4. The topological polar surface area (TPSA) is 50.2 Å². The van der Waals surface area contributed by atoms with Crippen LogP contribution in [-0.4, -0.2) is 16.1 Å². The molecule has 1 heterocycles. The molecule has 0 saturated carbocycles. The molecule has 0 spiro atoms. The van der Waals surface area contributed by atoms with Gasteiger partial charge in [-0.25, -0.2) is 4.79 Å². The van der Waals surface area contributed by atoms with Crippen molar-refractivity contribution in [1.29, 1.82) is 0 Å². The lowest BCUT2D eigenvalue weighted by molar-refractivity contribution is 0.0697. The largest absolute Gasteiger partial charge is 0.478 e. The smallest absolute Gasteiger partial charge is 0.335 e. The van der Waals surface area contributed by atoms with E-state index in [0.717, 1.165) is 27.6 Å². The van der Waals surface area contributed by atoms with Crippen molar-refractivity contribution in [2.75, 3.05) is 0 Å². The predicted octanol–water partition coefficient (Wildman–Crippen LogP) is 3.91. The summed E-state index contributed by atoms with van der Waals surface area (Å²) in [6.45, 7) is 1.93. The predicted molar refractivity (Wildman–Crippen MR) is 78.9 cm³/mol. The number of fused-ring (bicyclic) bond motifs is 1. The number of hydrogen-bond donors (Lipinski definition) is 1. The molecule has 0 unspecified atom stereocenters. The lowest BCUT2D eigenvalue weighted by Crippen LogP contribution is -1.97. The molecule has 0 saturated heterocycles. The Hall–Kier alpha value is -2.68. The van der Waals surface area contributed by atoms with Crippen LogP contribution >= 0.6 is 0 Å². The molecule has 0 atom stereocenters. The maximum absolute atomic E-state index is 11.0. The first-order valence-corrected chi connectivity index (χ1v) is 6.34. The summed E-state index contributed by atoms with van der Waals surface area (Å²) < 4.78 is 0. The van der Waals surface area contributed by atoms with E-state index in [0.29, 0.717) is 5.56 Å². The number of benzene rings is 2. The number of hydrogen-bond acceptors (Lipinski definition) is 2. The fourth-order valence-corrected chi connectivity index (χ4v) is 2.36. The van der Waals surface area contributed by atoms with Gasteiger partial charge in [0.15, 0.2) is 0 Å². The Labute approximate surface area is 116 Å². The van der Waals surface area contributed by atoms with Crippen molar-refractivity contribution in [3.05, 3.63) is 65.9 Å². The molecule has 0 fully saturated rings. The third-order valence-corrected chi connectivity index (χ3v) is 3.39. The fourth-order valence-electron chi connectivity index (χ4n) is 2.36. The quantitative estimate of drug-likeness (QED) is 0.762. The average molecular weight is 263 g/mol. The van der Waals surface area contributed by atoms with Crippen molar-refractivity contribution in [2.24, 2.45) is 0 Å². The van der Waals surface area contributed by atoms with Crippen LogP contribution in [0.4, 0.5) is 0 Å². The molecule has 3 aromatic rings. The lowest BCUT2D eigenvalue weighted by atomic mass is 9.97. The standard InChI is InChI=1S/C17H13NO2/c1-11-9-14(17(19)20)4-6-15(11)12-5-7-16-13(10-12)3-2-8-18-16/h2-10H,1H3,(H,19,20). The van der Waals surface area contributed by atoms with Gasteiger partial charge in [-0.15, -0.1) is 0 Å². The van der Waals surface area contributed by atoms with Crippen LogP contribution in [-0.2, 0) is 0 Å². The summed E-state index contributed by atoms with van der Waals surface area (Å²) in [7, 11) is 0. The molecule has 0 amide bonds. The molecule has 0 radical (unpaired) electrons. The lowest BCUT2D eigenvalue weighted by Gasteiger charge is -2.08. The van der Waals surface area contributed by atoms with Crippen LogP contribution in [0.3, 0.4) is 0 Å². The third-order valence-electron chi connectivity index (χ3n) is 3.39. The minimum Gasteiger partial charge on any atom is -0.478 e. The Balaban J connectivity index is 2.13. The number of carboxylic acids is 1. The Bertz CT molecular complexity index is 809. The van der Waals surface area contributed by atoms with E-state index in [1.165, 1.54) is 0 Å². The summed E-state index contributed by atoms with van der Waals surface area (Å²) in [4.78, 5) is 15.3. The van der Waals surface area contributed by atoms with E-state index >= 15 is 0 Å². The molecule has 20 heavy (non-hydrogen) atoms. The molecule has 0 bridgehead atoms. The van der Waals surface area contributed by atoms with Gasteiger partial charge in [-0.1, -0.05) is 18.2 Å². The minimum atomic E-state index is -0.901. The third kappa shape index (κ3) is 2.14. The molecule has 0 aliphatic heterocycles. The Morgan fingerprint density at radius 2 is 1.95 bits per heavy atom. The Morgan fingerprint density at radius 3 is 2.70 bits per heavy atom. The van der Waals surface area contributed by atoms with Crippen LogP contribution in [0.2, 0.25) is 0 Å². The van der Waals surface area contributed by atoms with E-state index in [9.17, 15) is 4.79 Å². The molecule has 3 nitrogen and oxygen atoms in total. The maximum atomic E-state index is 11.0. The van der Waals surface area contributed by atoms with Gasteiger partial charge in [-0.2, -0.15) is 0 Å². The van der Waals surface area contributed by atoms with Crippen molar-refractivity contribution in [3.63, 3.8) is 0 Å². The van der Waals surface area contributed by atoms with Gasteiger partial charge >= 0.3 is 5.97 Å². The van der Waals surface area contributed by atoms with Crippen LogP contribution in [0.15, 0.2) is 54.7 Å². The van der Waals surface area contributed by atoms with E-state index < -0.39 is 5.97 Å². The highest BCUT2D eigenvalue weighted by Gasteiger charge is 2.07. The summed E-state index contributed by atoms with van der Waals surface area (Å²) in [6.07, 6.45) is 1.77. The summed E-state index contributed by atoms with van der Waals surface area (Å²) in [5.41, 5.74) is 4.33. The molecule has 2 aromatic carbocycles. The summed E-state index contributed by atoms with van der Waals surface area (Å²) in [5.74, 6) is -0.901. The second kappa shape index (κ2) is 4.78. The summed E-state index contributed by atoms with van der Waals surface area (Å²) in [5, 5.41) is 10.1. The van der Waals surface area contributed by atoms with Crippen LogP contribution in [0.1, 0.15) is 15.9 Å². The number of nitrogens with zero attached hydrogens (tertiary/aromatic N) is 1. The van der Waals surface area contributed by atoms with Crippen molar-refractivity contribution in [2.45, 2.75) is 6.92 Å². The SMILES string of the molecule is Cc1cc(C(=O)O)ccc1-c1ccc2ncccc2c1. The van der Waals surface area contributed by atoms with Gasteiger partial charge in [0.2, 0.25) is 0 Å². The molecule has 3 rings (SSSR count). The normalized spacial score (nSPS) is 10.7. The Kier molecular flexibility index (Phi) is 2.95. The zero-order valence-corrected chi connectivity index (χ0v) is 11.0. The zero-order chi connectivity index (χ0) is 14.1. The second-order valence-corrected chi connectivity index (χ2v) is 4.75. The van der Waals surface area contributed by atoms with Gasteiger partial charge < -0.3 is 5.11 Å². The highest BCUT2D eigenvalue weighted by Crippen LogP contribution is 2.27. The monoisotopic (exact) mass is 263 g/mol. The van der Waals surface area contributed by atoms with Gasteiger partial charge in [0.1, 0.15) is 0 Å². The van der Waals surface area contributed by atoms with Crippen LogP contribution in [0.25, 0.3) is 22.0 Å². The van der Waals surface area contributed by atoms with Gasteiger partial charge in [-0.05, 0) is 53.9 Å². The number of carbonyl (C=O) groups is 1. The average Bonchev–Trinajstić information content (AvgIpc) is 2.46. The molecule has 0 aliphatic rings. The van der Waals surface area contributed by atoms with E-state index in [-0.39, 0.29) is 0 Å². The number of aromatic nitrogens is 1. The molecule has 0 aliphatic carbocycles. The van der Waals surface area contributed by atoms with Crippen molar-refractivity contribution in [3.8, 4) is 11.1 Å². The second-order valence-electron chi connectivity index (χ2n) is 4.75. The number of aromatic carboxylic acids is 1. The number of rotatable bonds is 2. The molecule has 98 valence electrons. The molecule has 1 aromatic heterocycles. The molecule has 3 heteroatoms. The van der Waals surface area contributed by atoms with E-state index in [1.807, 2.05) is 37.3 Å². The zero-order valence-electron chi connectivity index (χ0n) is 11.0. The van der Waals surface area contributed by atoms with Gasteiger partial charge in [0.25, 0.3) is 0 Å². The van der Waals surface area contributed by atoms with E-state index in [1.54, 1.807) is 18.3 Å². The van der Waals surface area contributed by atoms with Crippen molar-refractivity contribution in [1.82, 2.24) is 4.98 Å². The highest BCUT2D eigenvalue weighted by molar-refractivity contribution is 5.90. The van der Waals surface area contributed by atoms with Crippen LogP contribution in [0, 0.1) is 6.92 Å². The first-order valence-electron chi connectivity index (χ1n) is 6.34. The van der Waals surface area contributed by atoms with Gasteiger partial charge in [-0.3, -0.25) is 4.98 Å². The number of carboxylic acid groups (broad SMARTS) is 1. The number of pyridine rings is 1. The molecular weight excluding hydrogens is 250 g/mol. The minimum absolute atomic E-state index is 0.314. The summed E-state index contributed by atoms with van der Waals surface area (Å²) >= 11 is 0. The van der Waals surface area contributed by atoms with E-state index in [2.05, 4.69) is 11.1 Å². The van der Waals surface area contributed by atoms with Crippen molar-refractivity contribution < 1.29 is 9.90 Å². The summed E-state index contributed by atoms with van der Waals surface area (Å²) in [6, 6.07) is 15.2. The van der Waals surface area contributed by atoms with Gasteiger partial charge in [0.05, 0.1) is 11.1 Å². The first-order chi connectivity index (χ1) is 9.65. The molecular formula is C17H13NO2. The number of aryl methyl sites for hydroxylation is 1. The Morgan fingerprint density at radius 1 is 1.10 bits per heavy atom. The molecule has 1 N–H and O–H groups in total.